The van der Waals surface area contributed by atoms with Crippen molar-refractivity contribution in [3.05, 3.63) is 34.4 Å². The summed E-state index contributed by atoms with van der Waals surface area (Å²) in [7, 11) is -3.05. The van der Waals surface area contributed by atoms with Crippen molar-refractivity contribution in [3.63, 3.8) is 0 Å². The molecular weight excluding hydrogens is 288 g/mol. The molecule has 1 atom stereocenters. The predicted octanol–water partition coefficient (Wildman–Crippen LogP) is 1.50. The van der Waals surface area contributed by atoms with Crippen LogP contribution in [0.5, 0.6) is 0 Å². The Kier molecular flexibility index (Phi) is 4.46. The second-order valence-corrected chi connectivity index (χ2v) is 7.86. The van der Waals surface area contributed by atoms with E-state index in [1.165, 1.54) is 5.56 Å². The molecule has 5 nitrogen and oxygen atoms in total. The Morgan fingerprint density at radius 3 is 2.52 bits per heavy atom. The highest BCUT2D eigenvalue weighted by Crippen LogP contribution is 2.18. The summed E-state index contributed by atoms with van der Waals surface area (Å²) in [5.74, 6) is -0.788. The minimum Gasteiger partial charge on any atom is -0.273 e. The van der Waals surface area contributed by atoms with Gasteiger partial charge in [0.25, 0.3) is 0 Å². The molecule has 114 valence electrons. The SMILES string of the molecule is Cc1cc(C)c(/C=N\NC(=O)[C@H]2CCS(=O)(=O)C2)cc1C. The Morgan fingerprint density at radius 1 is 1.24 bits per heavy atom. The molecule has 0 aliphatic carbocycles. The number of amides is 1. The minimum absolute atomic E-state index is 0.0724. The summed E-state index contributed by atoms with van der Waals surface area (Å²) in [4.78, 5) is 11.8. The maximum absolute atomic E-state index is 11.8. The molecule has 1 fully saturated rings. The zero-order valence-corrected chi connectivity index (χ0v) is 13.3. The summed E-state index contributed by atoms with van der Waals surface area (Å²) in [5, 5.41) is 3.95. The molecule has 0 radical (unpaired) electrons. The lowest BCUT2D eigenvalue weighted by atomic mass is 10.0. The first-order valence-electron chi connectivity index (χ1n) is 6.90. The van der Waals surface area contributed by atoms with E-state index in [1.807, 2.05) is 26.8 Å². The fourth-order valence-electron chi connectivity index (χ4n) is 2.38. The van der Waals surface area contributed by atoms with Gasteiger partial charge in [-0.1, -0.05) is 6.07 Å². The number of nitrogens with zero attached hydrogens (tertiary/aromatic N) is 1. The number of aryl methyl sites for hydroxylation is 3. The molecule has 21 heavy (non-hydrogen) atoms. The third kappa shape index (κ3) is 3.91. The van der Waals surface area contributed by atoms with Crippen LogP contribution < -0.4 is 5.43 Å². The summed E-state index contributed by atoms with van der Waals surface area (Å²) in [6.07, 6.45) is 1.98. The van der Waals surface area contributed by atoms with E-state index in [2.05, 4.69) is 16.6 Å². The molecule has 2 rings (SSSR count). The van der Waals surface area contributed by atoms with Crippen LogP contribution >= 0.6 is 0 Å². The molecule has 6 heteroatoms. The van der Waals surface area contributed by atoms with Crippen LogP contribution in [-0.2, 0) is 14.6 Å². The molecule has 1 aliphatic rings. The first kappa shape index (κ1) is 15.7. The van der Waals surface area contributed by atoms with Crippen LogP contribution in [-0.4, -0.2) is 32.0 Å². The van der Waals surface area contributed by atoms with Gasteiger partial charge in [-0.05, 0) is 55.5 Å². The average molecular weight is 308 g/mol. The monoisotopic (exact) mass is 308 g/mol. The van der Waals surface area contributed by atoms with Gasteiger partial charge in [0.1, 0.15) is 0 Å². The van der Waals surface area contributed by atoms with Crippen molar-refractivity contribution in [2.75, 3.05) is 11.5 Å². The van der Waals surface area contributed by atoms with Gasteiger partial charge >= 0.3 is 0 Å². The molecule has 0 spiro atoms. The van der Waals surface area contributed by atoms with Gasteiger partial charge in [-0.15, -0.1) is 0 Å². The number of carbonyl (C=O) groups excluding carboxylic acids is 1. The second kappa shape index (κ2) is 5.97. The van der Waals surface area contributed by atoms with E-state index in [0.29, 0.717) is 6.42 Å². The number of hydrogen-bond donors (Lipinski definition) is 1. The Balaban J connectivity index is 2.00. The molecule has 1 amide bonds. The fraction of sp³-hybridized carbons (Fsp3) is 0.467. The quantitative estimate of drug-likeness (QED) is 0.679. The highest BCUT2D eigenvalue weighted by molar-refractivity contribution is 7.91. The molecule has 0 bridgehead atoms. The van der Waals surface area contributed by atoms with Crippen molar-refractivity contribution in [3.8, 4) is 0 Å². The summed E-state index contributed by atoms with van der Waals surface area (Å²) in [5.41, 5.74) is 6.84. The largest absolute Gasteiger partial charge is 0.273 e. The topological polar surface area (TPSA) is 75.6 Å². The van der Waals surface area contributed by atoms with E-state index >= 15 is 0 Å². The number of hydrazone groups is 1. The molecular formula is C15H20N2O3S. The van der Waals surface area contributed by atoms with Crippen LogP contribution in [0, 0.1) is 26.7 Å². The lowest BCUT2D eigenvalue weighted by molar-refractivity contribution is -0.124. The van der Waals surface area contributed by atoms with Gasteiger partial charge in [0.05, 0.1) is 23.6 Å². The summed E-state index contributed by atoms with van der Waals surface area (Å²) < 4.78 is 22.7. The second-order valence-electron chi connectivity index (χ2n) is 5.63. The summed E-state index contributed by atoms with van der Waals surface area (Å²) in [6.45, 7) is 6.05. The van der Waals surface area contributed by atoms with Crippen LogP contribution in [0.1, 0.15) is 28.7 Å². The molecule has 0 aromatic heterocycles. The van der Waals surface area contributed by atoms with Gasteiger partial charge in [0.2, 0.25) is 5.91 Å². The molecule has 1 saturated heterocycles. The van der Waals surface area contributed by atoms with Crippen LogP contribution in [0.4, 0.5) is 0 Å². The number of rotatable bonds is 3. The molecule has 1 N–H and O–H groups in total. The Hall–Kier alpha value is -1.69. The van der Waals surface area contributed by atoms with Crippen LogP contribution in [0.2, 0.25) is 0 Å². The number of hydrogen-bond acceptors (Lipinski definition) is 4. The van der Waals surface area contributed by atoms with E-state index < -0.39 is 15.8 Å². The normalized spacial score (nSPS) is 20.8. The van der Waals surface area contributed by atoms with Crippen molar-refractivity contribution in [1.82, 2.24) is 5.43 Å². The van der Waals surface area contributed by atoms with Gasteiger partial charge in [0, 0.05) is 0 Å². The fourth-order valence-corrected chi connectivity index (χ4v) is 4.12. The van der Waals surface area contributed by atoms with E-state index in [9.17, 15) is 13.2 Å². The van der Waals surface area contributed by atoms with E-state index in [4.69, 9.17) is 0 Å². The van der Waals surface area contributed by atoms with Crippen molar-refractivity contribution in [2.24, 2.45) is 11.0 Å². The third-order valence-electron chi connectivity index (χ3n) is 3.86. The molecule has 1 aliphatic heterocycles. The Labute approximate surface area is 125 Å². The number of carbonyl (C=O) groups is 1. The predicted molar refractivity (Wildman–Crippen MR) is 83.2 cm³/mol. The first-order chi connectivity index (χ1) is 9.78. The highest BCUT2D eigenvalue weighted by Gasteiger charge is 2.32. The first-order valence-corrected chi connectivity index (χ1v) is 8.72. The number of sulfone groups is 1. The molecule has 1 aromatic rings. The standard InChI is InChI=1S/C15H20N2O3S/c1-10-6-12(3)14(7-11(10)2)8-16-17-15(18)13-4-5-21(19,20)9-13/h6-8,13H,4-5,9H2,1-3H3,(H,17,18)/b16-8-/t13-/m0/s1. The van der Waals surface area contributed by atoms with Gasteiger partial charge < -0.3 is 0 Å². The lowest BCUT2D eigenvalue weighted by Gasteiger charge is -2.07. The smallest absolute Gasteiger partial charge is 0.244 e. The minimum atomic E-state index is -3.05. The molecule has 0 saturated carbocycles. The molecule has 0 unspecified atom stereocenters. The number of nitrogens with one attached hydrogen (secondary N) is 1. The average Bonchev–Trinajstić information content (AvgIpc) is 2.76. The Bertz CT molecular complexity index is 693. The number of benzene rings is 1. The van der Waals surface area contributed by atoms with Crippen molar-refractivity contribution >= 4 is 22.0 Å². The van der Waals surface area contributed by atoms with Crippen LogP contribution in [0.25, 0.3) is 0 Å². The maximum atomic E-state index is 11.8. The van der Waals surface area contributed by atoms with Crippen molar-refractivity contribution in [1.29, 1.82) is 0 Å². The molecule has 1 heterocycles. The van der Waals surface area contributed by atoms with Crippen LogP contribution in [0.3, 0.4) is 0 Å². The van der Waals surface area contributed by atoms with Crippen LogP contribution in [0.15, 0.2) is 17.2 Å². The highest BCUT2D eigenvalue weighted by atomic mass is 32.2. The maximum Gasteiger partial charge on any atom is 0.244 e. The Morgan fingerprint density at radius 2 is 1.90 bits per heavy atom. The zero-order valence-electron chi connectivity index (χ0n) is 12.5. The third-order valence-corrected chi connectivity index (χ3v) is 5.63. The van der Waals surface area contributed by atoms with Gasteiger partial charge in [-0.3, -0.25) is 4.79 Å². The van der Waals surface area contributed by atoms with E-state index in [0.717, 1.165) is 16.7 Å². The molecule has 1 aromatic carbocycles. The zero-order chi connectivity index (χ0) is 15.6. The lowest BCUT2D eigenvalue weighted by Crippen LogP contribution is -2.27. The van der Waals surface area contributed by atoms with E-state index in [1.54, 1.807) is 6.21 Å². The van der Waals surface area contributed by atoms with Crippen molar-refractivity contribution < 1.29 is 13.2 Å². The van der Waals surface area contributed by atoms with Gasteiger partial charge in [0.15, 0.2) is 9.84 Å². The summed E-state index contributed by atoms with van der Waals surface area (Å²) >= 11 is 0. The van der Waals surface area contributed by atoms with Gasteiger partial charge in [-0.25, -0.2) is 13.8 Å². The van der Waals surface area contributed by atoms with E-state index in [-0.39, 0.29) is 17.4 Å². The van der Waals surface area contributed by atoms with Crippen molar-refractivity contribution in [2.45, 2.75) is 27.2 Å². The van der Waals surface area contributed by atoms with Gasteiger partial charge in [-0.2, -0.15) is 5.10 Å². The summed E-state index contributed by atoms with van der Waals surface area (Å²) in [6, 6.07) is 4.09.